The molecule has 0 radical (unpaired) electrons. The van der Waals surface area contributed by atoms with Crippen LogP contribution in [-0.4, -0.2) is 27.6 Å². The second-order valence-corrected chi connectivity index (χ2v) is 3.94. The topological polar surface area (TPSA) is 94.5 Å². The molecule has 0 aliphatic carbocycles. The number of rotatable bonds is 4. The smallest absolute Gasteiger partial charge is 0.290 e. The molecule has 6 nitrogen and oxygen atoms in total. The van der Waals surface area contributed by atoms with Crippen LogP contribution in [0.2, 0.25) is 0 Å². The van der Waals surface area contributed by atoms with Crippen molar-refractivity contribution in [1.82, 2.24) is 20.5 Å². The molecular formula is C10H15N5O. The highest BCUT2D eigenvalue weighted by atomic mass is 16.2. The summed E-state index contributed by atoms with van der Waals surface area (Å²) in [6.45, 7) is 5.96. The third-order valence-electron chi connectivity index (χ3n) is 2.04. The van der Waals surface area contributed by atoms with Crippen LogP contribution in [0.3, 0.4) is 0 Å². The highest BCUT2D eigenvalue weighted by Gasteiger charge is 2.14. The van der Waals surface area contributed by atoms with Crippen LogP contribution in [0.4, 0.5) is 0 Å². The van der Waals surface area contributed by atoms with Gasteiger partial charge >= 0.3 is 0 Å². The van der Waals surface area contributed by atoms with E-state index in [1.54, 1.807) is 6.92 Å². The summed E-state index contributed by atoms with van der Waals surface area (Å²) in [5.41, 5.74) is 0. The number of carbonyl (C=O) groups is 1. The lowest BCUT2D eigenvalue weighted by atomic mass is 10.2. The van der Waals surface area contributed by atoms with Crippen LogP contribution in [0.1, 0.15) is 43.1 Å². The predicted octanol–water partition coefficient (Wildman–Crippen LogP) is 0.818. The van der Waals surface area contributed by atoms with Gasteiger partial charge in [0.1, 0.15) is 5.82 Å². The van der Waals surface area contributed by atoms with E-state index in [2.05, 4.69) is 20.5 Å². The van der Waals surface area contributed by atoms with E-state index < -0.39 is 0 Å². The molecule has 2 N–H and O–H groups in total. The molecule has 1 heterocycles. The van der Waals surface area contributed by atoms with Crippen molar-refractivity contribution in [3.8, 4) is 6.07 Å². The summed E-state index contributed by atoms with van der Waals surface area (Å²) in [7, 11) is 0. The van der Waals surface area contributed by atoms with Crippen LogP contribution in [0.5, 0.6) is 0 Å². The van der Waals surface area contributed by atoms with Gasteiger partial charge in [0.15, 0.2) is 0 Å². The summed E-state index contributed by atoms with van der Waals surface area (Å²) >= 11 is 0. The Kier molecular flexibility index (Phi) is 4.00. The lowest BCUT2D eigenvalue weighted by Gasteiger charge is -2.02. The van der Waals surface area contributed by atoms with Gasteiger partial charge in [-0.25, -0.2) is 4.98 Å². The molecule has 6 heteroatoms. The van der Waals surface area contributed by atoms with Gasteiger partial charge in [-0.2, -0.15) is 5.26 Å². The fourth-order valence-corrected chi connectivity index (χ4v) is 1.00. The number of nitrogens with one attached hydrogen (secondary N) is 2. The molecule has 1 amide bonds. The molecule has 0 fully saturated rings. The number of hydrogen-bond donors (Lipinski definition) is 2. The van der Waals surface area contributed by atoms with Crippen molar-refractivity contribution in [1.29, 1.82) is 5.26 Å². The first-order valence-electron chi connectivity index (χ1n) is 5.14. The molecular weight excluding hydrogens is 206 g/mol. The molecule has 86 valence electrons. The molecule has 16 heavy (non-hydrogen) atoms. The second-order valence-electron chi connectivity index (χ2n) is 3.94. The molecule has 0 saturated carbocycles. The van der Waals surface area contributed by atoms with Crippen molar-refractivity contribution in [2.45, 2.75) is 26.7 Å². The standard InChI is InChI=1S/C10H15N5O/c1-6(2)8-13-9(15-14-8)10(16)12-5-7(3)4-11/h6-7H,5H2,1-3H3,(H,12,16)(H,13,14,15). The third kappa shape index (κ3) is 3.05. The van der Waals surface area contributed by atoms with Gasteiger partial charge in [-0.05, 0) is 6.92 Å². The summed E-state index contributed by atoms with van der Waals surface area (Å²) in [6.07, 6.45) is 0. The largest absolute Gasteiger partial charge is 0.348 e. The van der Waals surface area contributed by atoms with Crippen molar-refractivity contribution in [2.75, 3.05) is 6.54 Å². The number of aromatic nitrogens is 3. The van der Waals surface area contributed by atoms with Crippen molar-refractivity contribution in [3.63, 3.8) is 0 Å². The van der Waals surface area contributed by atoms with Gasteiger partial charge < -0.3 is 5.32 Å². The number of amides is 1. The van der Waals surface area contributed by atoms with Crippen LogP contribution in [0.25, 0.3) is 0 Å². The average molecular weight is 221 g/mol. The van der Waals surface area contributed by atoms with Crippen molar-refractivity contribution < 1.29 is 4.79 Å². The Morgan fingerprint density at radius 1 is 1.56 bits per heavy atom. The summed E-state index contributed by atoms with van der Waals surface area (Å²) in [4.78, 5) is 15.6. The van der Waals surface area contributed by atoms with Gasteiger partial charge in [0, 0.05) is 12.5 Å². The van der Waals surface area contributed by atoms with E-state index in [1.165, 1.54) is 0 Å². The Morgan fingerprint density at radius 3 is 2.75 bits per heavy atom. The number of nitrogens with zero attached hydrogens (tertiary/aromatic N) is 3. The van der Waals surface area contributed by atoms with Crippen molar-refractivity contribution in [2.24, 2.45) is 5.92 Å². The summed E-state index contributed by atoms with van der Waals surface area (Å²) < 4.78 is 0. The zero-order valence-electron chi connectivity index (χ0n) is 9.61. The minimum absolute atomic E-state index is 0.119. The third-order valence-corrected chi connectivity index (χ3v) is 2.04. The van der Waals surface area contributed by atoms with E-state index in [1.807, 2.05) is 19.9 Å². The summed E-state index contributed by atoms with van der Waals surface area (Å²) in [5, 5.41) is 17.7. The van der Waals surface area contributed by atoms with Gasteiger partial charge in [0.2, 0.25) is 5.82 Å². The first kappa shape index (κ1) is 12.2. The van der Waals surface area contributed by atoms with Crippen LogP contribution in [0.15, 0.2) is 0 Å². The number of aromatic amines is 1. The van der Waals surface area contributed by atoms with E-state index in [9.17, 15) is 4.79 Å². The molecule has 1 aromatic heterocycles. The molecule has 0 aromatic carbocycles. The molecule has 1 atom stereocenters. The van der Waals surface area contributed by atoms with E-state index in [4.69, 9.17) is 5.26 Å². The molecule has 0 aliphatic heterocycles. The van der Waals surface area contributed by atoms with Gasteiger partial charge in [0.05, 0.1) is 12.0 Å². The highest BCUT2D eigenvalue weighted by Crippen LogP contribution is 2.07. The van der Waals surface area contributed by atoms with E-state index in [0.717, 1.165) is 0 Å². The molecule has 0 saturated heterocycles. The monoisotopic (exact) mass is 221 g/mol. The zero-order chi connectivity index (χ0) is 12.1. The summed E-state index contributed by atoms with van der Waals surface area (Å²) in [6, 6.07) is 2.03. The zero-order valence-corrected chi connectivity index (χ0v) is 9.61. The van der Waals surface area contributed by atoms with Gasteiger partial charge in [-0.1, -0.05) is 13.8 Å². The SMILES string of the molecule is CC(C#N)CNC(=O)c1n[nH]c(C(C)C)n1. The lowest BCUT2D eigenvalue weighted by molar-refractivity contribution is 0.0940. The fourth-order valence-electron chi connectivity index (χ4n) is 1.00. The minimum Gasteiger partial charge on any atom is -0.348 e. The molecule has 0 aliphatic rings. The van der Waals surface area contributed by atoms with E-state index in [0.29, 0.717) is 12.4 Å². The molecule has 1 unspecified atom stereocenters. The van der Waals surface area contributed by atoms with Gasteiger partial charge in [-0.15, -0.1) is 5.10 Å². The first-order valence-corrected chi connectivity index (χ1v) is 5.14. The Bertz CT molecular complexity index is 404. The van der Waals surface area contributed by atoms with E-state index in [-0.39, 0.29) is 23.6 Å². The maximum absolute atomic E-state index is 11.5. The van der Waals surface area contributed by atoms with Crippen LogP contribution in [-0.2, 0) is 0 Å². The van der Waals surface area contributed by atoms with Gasteiger partial charge in [0.25, 0.3) is 5.91 Å². The first-order chi connectivity index (χ1) is 7.54. The number of H-pyrrole nitrogens is 1. The molecule has 0 spiro atoms. The van der Waals surface area contributed by atoms with Crippen molar-refractivity contribution in [3.05, 3.63) is 11.6 Å². The number of hydrogen-bond acceptors (Lipinski definition) is 4. The Labute approximate surface area is 94.1 Å². The lowest BCUT2D eigenvalue weighted by Crippen LogP contribution is -2.28. The highest BCUT2D eigenvalue weighted by molar-refractivity contribution is 5.90. The summed E-state index contributed by atoms with van der Waals surface area (Å²) in [5.74, 6) is 0.428. The maximum Gasteiger partial charge on any atom is 0.290 e. The van der Waals surface area contributed by atoms with Gasteiger partial charge in [-0.3, -0.25) is 9.89 Å². The molecule has 1 aromatic rings. The van der Waals surface area contributed by atoms with Crippen LogP contribution >= 0.6 is 0 Å². The Morgan fingerprint density at radius 2 is 2.25 bits per heavy atom. The van der Waals surface area contributed by atoms with Crippen LogP contribution < -0.4 is 5.32 Å². The molecule has 1 rings (SSSR count). The quantitative estimate of drug-likeness (QED) is 0.786. The predicted molar refractivity (Wildman–Crippen MR) is 57.6 cm³/mol. The second kappa shape index (κ2) is 5.26. The fraction of sp³-hybridized carbons (Fsp3) is 0.600. The maximum atomic E-state index is 11.5. The molecule has 0 bridgehead atoms. The van der Waals surface area contributed by atoms with E-state index >= 15 is 0 Å². The Balaban J connectivity index is 2.57. The number of nitriles is 1. The average Bonchev–Trinajstić information content (AvgIpc) is 2.74. The van der Waals surface area contributed by atoms with Crippen LogP contribution in [0, 0.1) is 17.2 Å². The minimum atomic E-state index is -0.356. The normalized spacial score (nSPS) is 12.2. The van der Waals surface area contributed by atoms with Crippen molar-refractivity contribution >= 4 is 5.91 Å². The Hall–Kier alpha value is -1.90. The number of carbonyl (C=O) groups excluding carboxylic acids is 1.